The van der Waals surface area contributed by atoms with Gasteiger partial charge < -0.3 is 4.90 Å². The number of anilines is 1. The van der Waals surface area contributed by atoms with Crippen molar-refractivity contribution >= 4 is 32.4 Å². The van der Waals surface area contributed by atoms with Crippen molar-refractivity contribution in [3.05, 3.63) is 76.3 Å². The number of hydrogen-bond donors (Lipinski definition) is 1. The molecule has 0 aliphatic carbocycles. The van der Waals surface area contributed by atoms with Crippen molar-refractivity contribution in [1.29, 1.82) is 0 Å². The van der Waals surface area contributed by atoms with Crippen molar-refractivity contribution in [2.45, 2.75) is 37.6 Å². The Morgan fingerprint density at radius 3 is 2.63 bits per heavy atom. The molecule has 0 saturated heterocycles. The van der Waals surface area contributed by atoms with Gasteiger partial charge in [-0.2, -0.15) is 0 Å². The summed E-state index contributed by atoms with van der Waals surface area (Å²) in [5.74, 6) is 0.0966. The standard InChI is InChI=1S/C22H23N3O3S2/c1-16-6-9-20(10-7-16)30(27,28)24-22-23-19(15-29-22)8-11-21(26)25-13-12-17-4-2-3-5-18(17)14-25/h2-7,9-10,15H,8,11-14H2,1H3,(H,23,24). The van der Waals surface area contributed by atoms with Crippen LogP contribution in [-0.2, 0) is 34.2 Å². The molecule has 156 valence electrons. The number of carbonyl (C=O) groups excluding carboxylic acids is 1. The van der Waals surface area contributed by atoms with Crippen LogP contribution in [0, 0.1) is 6.92 Å². The molecule has 0 fully saturated rings. The molecule has 0 saturated carbocycles. The maximum absolute atomic E-state index is 12.6. The van der Waals surface area contributed by atoms with Crippen LogP contribution < -0.4 is 4.72 Å². The van der Waals surface area contributed by atoms with Gasteiger partial charge in [-0.3, -0.25) is 9.52 Å². The molecule has 0 spiro atoms. The van der Waals surface area contributed by atoms with Crippen LogP contribution >= 0.6 is 11.3 Å². The molecule has 1 N–H and O–H groups in total. The van der Waals surface area contributed by atoms with Gasteiger partial charge in [0.25, 0.3) is 10.0 Å². The number of nitrogens with zero attached hydrogens (tertiary/aromatic N) is 2. The molecule has 0 atom stereocenters. The van der Waals surface area contributed by atoms with Crippen molar-refractivity contribution < 1.29 is 13.2 Å². The average molecular weight is 442 g/mol. The molecule has 1 aromatic heterocycles. The highest BCUT2D eigenvalue weighted by Crippen LogP contribution is 2.22. The molecule has 6 nitrogen and oxygen atoms in total. The maximum atomic E-state index is 12.6. The summed E-state index contributed by atoms with van der Waals surface area (Å²) in [6.07, 6.45) is 1.72. The Bertz CT molecular complexity index is 1150. The Morgan fingerprint density at radius 2 is 1.87 bits per heavy atom. The van der Waals surface area contributed by atoms with Crippen LogP contribution in [0.25, 0.3) is 0 Å². The molecule has 2 heterocycles. The second-order valence-electron chi connectivity index (χ2n) is 7.40. The summed E-state index contributed by atoms with van der Waals surface area (Å²) < 4.78 is 27.5. The summed E-state index contributed by atoms with van der Waals surface area (Å²) in [5.41, 5.74) is 4.23. The van der Waals surface area contributed by atoms with E-state index in [2.05, 4.69) is 21.8 Å². The fourth-order valence-electron chi connectivity index (χ4n) is 3.46. The number of fused-ring (bicyclic) bond motifs is 1. The normalized spacial score (nSPS) is 13.7. The van der Waals surface area contributed by atoms with Gasteiger partial charge in [-0.25, -0.2) is 13.4 Å². The maximum Gasteiger partial charge on any atom is 0.263 e. The minimum atomic E-state index is -3.67. The molecular formula is C22H23N3O3S2. The van der Waals surface area contributed by atoms with Crippen molar-refractivity contribution in [3.63, 3.8) is 0 Å². The zero-order valence-electron chi connectivity index (χ0n) is 16.7. The molecule has 30 heavy (non-hydrogen) atoms. The van der Waals surface area contributed by atoms with Crippen molar-refractivity contribution in [2.75, 3.05) is 11.3 Å². The fourth-order valence-corrected chi connectivity index (χ4v) is 5.46. The highest BCUT2D eigenvalue weighted by Gasteiger charge is 2.21. The van der Waals surface area contributed by atoms with Crippen LogP contribution in [-0.4, -0.2) is 30.8 Å². The smallest absolute Gasteiger partial charge is 0.263 e. The minimum Gasteiger partial charge on any atom is -0.338 e. The zero-order valence-corrected chi connectivity index (χ0v) is 18.3. The molecular weight excluding hydrogens is 418 g/mol. The van der Waals surface area contributed by atoms with Gasteiger partial charge in [-0.05, 0) is 43.0 Å². The van der Waals surface area contributed by atoms with E-state index in [1.165, 1.54) is 22.5 Å². The number of nitrogens with one attached hydrogen (secondary N) is 1. The van der Waals surface area contributed by atoms with E-state index in [0.29, 0.717) is 30.2 Å². The van der Waals surface area contributed by atoms with Crippen LogP contribution in [0.15, 0.2) is 58.8 Å². The van der Waals surface area contributed by atoms with Gasteiger partial charge in [0, 0.05) is 24.9 Å². The molecule has 0 unspecified atom stereocenters. The molecule has 2 aromatic carbocycles. The largest absolute Gasteiger partial charge is 0.338 e. The lowest BCUT2D eigenvalue weighted by Crippen LogP contribution is -2.36. The first-order valence-electron chi connectivity index (χ1n) is 9.79. The zero-order chi connectivity index (χ0) is 21.1. The number of sulfonamides is 1. The third-order valence-corrected chi connectivity index (χ3v) is 7.47. The summed E-state index contributed by atoms with van der Waals surface area (Å²) in [4.78, 5) is 19.1. The van der Waals surface area contributed by atoms with E-state index in [4.69, 9.17) is 0 Å². The van der Waals surface area contributed by atoms with Crippen molar-refractivity contribution in [2.24, 2.45) is 0 Å². The molecule has 8 heteroatoms. The highest BCUT2D eigenvalue weighted by molar-refractivity contribution is 7.93. The number of hydrogen-bond acceptors (Lipinski definition) is 5. The van der Waals surface area contributed by atoms with E-state index in [-0.39, 0.29) is 10.8 Å². The number of aromatic nitrogens is 1. The van der Waals surface area contributed by atoms with Crippen LogP contribution in [0.1, 0.15) is 28.8 Å². The lowest BCUT2D eigenvalue weighted by atomic mass is 9.99. The summed E-state index contributed by atoms with van der Waals surface area (Å²) in [7, 11) is -3.67. The van der Waals surface area contributed by atoms with Gasteiger partial charge in [-0.1, -0.05) is 42.0 Å². The average Bonchev–Trinajstić information content (AvgIpc) is 3.18. The SMILES string of the molecule is Cc1ccc(S(=O)(=O)Nc2nc(CCC(=O)N3CCc4ccccc4C3)cs2)cc1. The van der Waals surface area contributed by atoms with Gasteiger partial charge in [0.1, 0.15) is 0 Å². The molecule has 1 amide bonds. The Balaban J connectivity index is 1.34. The van der Waals surface area contributed by atoms with E-state index in [9.17, 15) is 13.2 Å². The Kier molecular flexibility index (Phi) is 5.87. The Labute approximate surface area is 180 Å². The second kappa shape index (κ2) is 8.57. The lowest BCUT2D eigenvalue weighted by molar-refractivity contribution is -0.132. The lowest BCUT2D eigenvalue weighted by Gasteiger charge is -2.28. The number of amides is 1. The topological polar surface area (TPSA) is 79.4 Å². The van der Waals surface area contributed by atoms with Crippen molar-refractivity contribution in [3.8, 4) is 0 Å². The fraction of sp³-hybridized carbons (Fsp3) is 0.273. The Morgan fingerprint density at radius 1 is 1.13 bits per heavy atom. The summed E-state index contributed by atoms with van der Waals surface area (Å²) in [5, 5.41) is 2.11. The minimum absolute atomic E-state index is 0.0966. The van der Waals surface area contributed by atoms with Gasteiger partial charge in [-0.15, -0.1) is 11.3 Å². The van der Waals surface area contributed by atoms with E-state index in [1.807, 2.05) is 24.0 Å². The second-order valence-corrected chi connectivity index (χ2v) is 9.94. The molecule has 0 radical (unpaired) electrons. The first-order chi connectivity index (χ1) is 14.4. The quantitative estimate of drug-likeness (QED) is 0.632. The molecule has 1 aliphatic heterocycles. The molecule has 3 aromatic rings. The summed E-state index contributed by atoms with van der Waals surface area (Å²) in [6.45, 7) is 3.28. The third kappa shape index (κ3) is 4.71. The van der Waals surface area contributed by atoms with E-state index < -0.39 is 10.0 Å². The molecule has 4 rings (SSSR count). The Hall–Kier alpha value is -2.71. The van der Waals surface area contributed by atoms with E-state index >= 15 is 0 Å². The van der Waals surface area contributed by atoms with Crippen LogP contribution in [0.4, 0.5) is 5.13 Å². The number of benzene rings is 2. The number of carbonyl (C=O) groups is 1. The van der Waals surface area contributed by atoms with Crippen LogP contribution in [0.5, 0.6) is 0 Å². The van der Waals surface area contributed by atoms with Gasteiger partial charge >= 0.3 is 0 Å². The van der Waals surface area contributed by atoms with Gasteiger partial charge in [0.05, 0.1) is 10.6 Å². The molecule has 1 aliphatic rings. The molecule has 0 bridgehead atoms. The monoisotopic (exact) mass is 441 g/mol. The number of aryl methyl sites for hydroxylation is 2. The predicted molar refractivity (Wildman–Crippen MR) is 118 cm³/mol. The first kappa shape index (κ1) is 20.6. The number of thiazole rings is 1. The summed E-state index contributed by atoms with van der Waals surface area (Å²) >= 11 is 1.23. The van der Waals surface area contributed by atoms with Crippen LogP contribution in [0.2, 0.25) is 0 Å². The predicted octanol–water partition coefficient (Wildman–Crippen LogP) is 3.77. The van der Waals surface area contributed by atoms with Gasteiger partial charge in [0.15, 0.2) is 5.13 Å². The van der Waals surface area contributed by atoms with Gasteiger partial charge in [0.2, 0.25) is 5.91 Å². The van der Waals surface area contributed by atoms with Crippen LogP contribution in [0.3, 0.4) is 0 Å². The summed E-state index contributed by atoms with van der Waals surface area (Å²) in [6, 6.07) is 14.9. The van der Waals surface area contributed by atoms with Crippen molar-refractivity contribution in [1.82, 2.24) is 9.88 Å². The number of rotatable bonds is 6. The van der Waals surface area contributed by atoms with E-state index in [1.54, 1.807) is 29.6 Å². The highest BCUT2D eigenvalue weighted by atomic mass is 32.2. The first-order valence-corrected chi connectivity index (χ1v) is 12.2. The third-order valence-electron chi connectivity index (χ3n) is 5.18. The van der Waals surface area contributed by atoms with E-state index in [0.717, 1.165) is 18.5 Å².